The first kappa shape index (κ1) is 25.6. The minimum atomic E-state index is 0.00774. The van der Waals surface area contributed by atoms with Crippen LogP contribution in [-0.2, 0) is 17.6 Å². The van der Waals surface area contributed by atoms with E-state index in [-0.39, 0.29) is 5.91 Å². The normalized spacial score (nSPS) is 29.7. The Labute approximate surface area is 227 Å². The first-order valence-corrected chi connectivity index (χ1v) is 14.6. The molecule has 1 amide bonds. The van der Waals surface area contributed by atoms with Crippen molar-refractivity contribution >= 4 is 11.7 Å². The van der Waals surface area contributed by atoms with Gasteiger partial charge in [-0.15, -0.1) is 0 Å². The van der Waals surface area contributed by atoms with E-state index in [1.54, 1.807) is 0 Å². The second kappa shape index (κ2) is 11.2. The number of piperazine rings is 1. The maximum atomic E-state index is 12.1. The Morgan fingerprint density at radius 2 is 1.87 bits per heavy atom. The predicted molar refractivity (Wildman–Crippen MR) is 149 cm³/mol. The van der Waals surface area contributed by atoms with E-state index >= 15 is 0 Å². The molecule has 2 aliphatic carbocycles. The van der Waals surface area contributed by atoms with Crippen molar-refractivity contribution in [3.8, 4) is 6.01 Å². The maximum Gasteiger partial charge on any atom is 0.318 e. The van der Waals surface area contributed by atoms with Gasteiger partial charge in [-0.25, -0.2) is 0 Å². The summed E-state index contributed by atoms with van der Waals surface area (Å²) in [5.74, 6) is 1.66. The van der Waals surface area contributed by atoms with Crippen LogP contribution in [0.5, 0.6) is 6.01 Å². The molecule has 6 rings (SSSR count). The monoisotopic (exact) mass is 518 g/mol. The zero-order valence-corrected chi connectivity index (χ0v) is 22.8. The molecular weight excluding hydrogens is 476 g/mol. The molecule has 3 saturated heterocycles. The van der Waals surface area contributed by atoms with Gasteiger partial charge in [0.05, 0.1) is 5.69 Å². The smallest absolute Gasteiger partial charge is 0.318 e. The number of carbonyl (C=O) groups is 1. The Bertz CT molecular complexity index is 1090. The number of likely N-dealkylation sites (tertiary alicyclic amines) is 2. The summed E-state index contributed by atoms with van der Waals surface area (Å²) in [6.07, 6.45) is 18.6. The van der Waals surface area contributed by atoms with E-state index in [0.717, 1.165) is 63.4 Å². The highest BCUT2D eigenvalue weighted by Gasteiger charge is 2.37. The Morgan fingerprint density at radius 1 is 1.05 bits per heavy atom. The Balaban J connectivity index is 1.24. The molecule has 5 aliphatic rings. The first-order valence-electron chi connectivity index (χ1n) is 14.6. The van der Waals surface area contributed by atoms with Crippen molar-refractivity contribution < 1.29 is 9.53 Å². The second-order valence-corrected chi connectivity index (χ2v) is 11.6. The van der Waals surface area contributed by atoms with Crippen LogP contribution in [0.25, 0.3) is 0 Å². The largest absolute Gasteiger partial charge is 0.462 e. The van der Waals surface area contributed by atoms with E-state index in [1.807, 2.05) is 4.90 Å². The number of nitrogens with zero attached hydrogens (tertiary/aromatic N) is 6. The lowest BCUT2D eigenvalue weighted by Gasteiger charge is -2.46. The topological polar surface area (TPSA) is 65.0 Å². The number of anilines is 1. The van der Waals surface area contributed by atoms with Gasteiger partial charge in [0.15, 0.2) is 0 Å². The van der Waals surface area contributed by atoms with Crippen LogP contribution in [-0.4, -0.2) is 102 Å². The minimum Gasteiger partial charge on any atom is -0.462 e. The summed E-state index contributed by atoms with van der Waals surface area (Å²) in [4.78, 5) is 31.5. The van der Waals surface area contributed by atoms with Crippen molar-refractivity contribution in [3.63, 3.8) is 0 Å². The van der Waals surface area contributed by atoms with E-state index in [4.69, 9.17) is 14.7 Å². The van der Waals surface area contributed by atoms with Crippen molar-refractivity contribution in [2.45, 2.75) is 63.1 Å². The molecule has 1 aromatic heterocycles. The molecule has 204 valence electrons. The molecule has 0 N–H and O–H groups in total. The van der Waals surface area contributed by atoms with Gasteiger partial charge in [-0.2, -0.15) is 9.97 Å². The lowest BCUT2D eigenvalue weighted by molar-refractivity contribution is -0.126. The van der Waals surface area contributed by atoms with Gasteiger partial charge in [0.1, 0.15) is 12.4 Å². The van der Waals surface area contributed by atoms with Gasteiger partial charge < -0.3 is 19.4 Å². The molecule has 0 saturated carbocycles. The second-order valence-electron chi connectivity index (χ2n) is 11.6. The molecule has 3 aliphatic heterocycles. The standard InChI is InChI=1S/C30H42N6O2/c1-3-28(37)34-16-18-35(19-17-34)29-25-13-12-23(36-15-6-9-22-8-4-5-11-27(22)36)20-26(25)31-30(32-29)38-21-24-10-7-14-33(24)2/h3-5,8,11,22-24,27H,1,6-7,9-10,12-21H2,2H3/t22?,23-,24-,27?/m0/s1. The molecule has 1 aromatic rings. The van der Waals surface area contributed by atoms with E-state index in [0.29, 0.717) is 49.8 Å². The molecule has 8 heteroatoms. The average molecular weight is 519 g/mol. The van der Waals surface area contributed by atoms with Gasteiger partial charge in [0, 0.05) is 56.3 Å². The Kier molecular flexibility index (Phi) is 7.52. The molecule has 0 spiro atoms. The van der Waals surface area contributed by atoms with E-state index in [1.165, 1.54) is 30.9 Å². The van der Waals surface area contributed by atoms with Gasteiger partial charge in [0.25, 0.3) is 0 Å². The van der Waals surface area contributed by atoms with Crippen molar-refractivity contribution in [1.29, 1.82) is 0 Å². The quantitative estimate of drug-likeness (QED) is 0.537. The van der Waals surface area contributed by atoms with Gasteiger partial charge in [-0.05, 0) is 70.7 Å². The van der Waals surface area contributed by atoms with Gasteiger partial charge in [-0.3, -0.25) is 9.69 Å². The highest BCUT2D eigenvalue weighted by molar-refractivity contribution is 5.87. The minimum absolute atomic E-state index is 0.00774. The highest BCUT2D eigenvalue weighted by atomic mass is 16.5. The summed E-state index contributed by atoms with van der Waals surface area (Å²) in [6, 6.07) is 1.94. The third-order valence-electron chi connectivity index (χ3n) is 9.37. The van der Waals surface area contributed by atoms with Crippen LogP contribution in [0.3, 0.4) is 0 Å². The van der Waals surface area contributed by atoms with E-state index in [2.05, 4.69) is 52.6 Å². The fourth-order valence-corrected chi connectivity index (χ4v) is 7.14. The number of aromatic nitrogens is 2. The highest BCUT2D eigenvalue weighted by Crippen LogP contribution is 2.36. The lowest BCUT2D eigenvalue weighted by atomic mass is 9.82. The molecule has 4 heterocycles. The Hall–Kier alpha value is -2.71. The fraction of sp³-hybridized carbons (Fsp3) is 0.633. The van der Waals surface area contributed by atoms with Crippen molar-refractivity contribution in [3.05, 3.63) is 48.2 Å². The Morgan fingerprint density at radius 3 is 2.66 bits per heavy atom. The number of allylic oxidation sites excluding steroid dienone is 2. The molecule has 0 radical (unpaired) electrons. The molecule has 8 nitrogen and oxygen atoms in total. The van der Waals surface area contributed by atoms with E-state index in [9.17, 15) is 4.79 Å². The maximum absolute atomic E-state index is 12.1. The summed E-state index contributed by atoms with van der Waals surface area (Å²) in [5, 5.41) is 0. The van der Waals surface area contributed by atoms with Gasteiger partial charge in [0.2, 0.25) is 5.91 Å². The zero-order valence-electron chi connectivity index (χ0n) is 22.8. The van der Waals surface area contributed by atoms with Crippen LogP contribution in [0, 0.1) is 5.92 Å². The first-order chi connectivity index (χ1) is 18.6. The number of hydrogen-bond acceptors (Lipinski definition) is 7. The summed E-state index contributed by atoms with van der Waals surface area (Å²) in [7, 11) is 2.18. The number of hydrogen-bond donors (Lipinski definition) is 0. The van der Waals surface area contributed by atoms with Gasteiger partial charge >= 0.3 is 6.01 Å². The molecule has 0 bridgehead atoms. The summed E-state index contributed by atoms with van der Waals surface area (Å²) in [5.41, 5.74) is 2.44. The summed E-state index contributed by atoms with van der Waals surface area (Å²) in [6.45, 7) is 9.48. The molecule has 2 unspecified atom stereocenters. The number of carbonyl (C=O) groups excluding carboxylic acids is 1. The fourth-order valence-electron chi connectivity index (χ4n) is 7.14. The van der Waals surface area contributed by atoms with Crippen molar-refractivity contribution in [1.82, 2.24) is 24.7 Å². The molecular formula is C30H42N6O2. The average Bonchev–Trinajstić information content (AvgIpc) is 3.39. The third-order valence-corrected chi connectivity index (χ3v) is 9.37. The zero-order chi connectivity index (χ0) is 26.1. The summed E-state index contributed by atoms with van der Waals surface area (Å²) >= 11 is 0. The number of amides is 1. The lowest BCUT2D eigenvalue weighted by Crippen LogP contribution is -2.52. The van der Waals surface area contributed by atoms with Crippen molar-refractivity contribution in [2.75, 3.05) is 57.8 Å². The van der Waals surface area contributed by atoms with Crippen LogP contribution < -0.4 is 9.64 Å². The van der Waals surface area contributed by atoms with Crippen LogP contribution in [0.1, 0.15) is 43.4 Å². The molecule has 38 heavy (non-hydrogen) atoms. The predicted octanol–water partition coefficient (Wildman–Crippen LogP) is 2.85. The number of fused-ring (bicyclic) bond motifs is 2. The van der Waals surface area contributed by atoms with Crippen LogP contribution in [0.4, 0.5) is 5.82 Å². The van der Waals surface area contributed by atoms with Crippen LogP contribution >= 0.6 is 0 Å². The van der Waals surface area contributed by atoms with Gasteiger partial charge in [-0.1, -0.05) is 30.9 Å². The third kappa shape index (κ3) is 5.13. The SMILES string of the molecule is C=CC(=O)N1CCN(c2nc(OC[C@@H]3CCCN3C)nc3c2CC[C@H](N2CCCC4C=CC=CC42)C3)CC1. The number of rotatable bonds is 6. The number of likely N-dealkylation sites (N-methyl/N-ethyl adjacent to an activating group) is 1. The number of piperidine rings is 1. The van der Waals surface area contributed by atoms with Crippen LogP contribution in [0.2, 0.25) is 0 Å². The molecule has 3 fully saturated rings. The molecule has 0 aromatic carbocycles. The summed E-state index contributed by atoms with van der Waals surface area (Å²) < 4.78 is 6.30. The number of ether oxygens (including phenoxy) is 1. The van der Waals surface area contributed by atoms with Crippen molar-refractivity contribution in [2.24, 2.45) is 5.92 Å². The molecule has 4 atom stereocenters. The van der Waals surface area contributed by atoms with Crippen LogP contribution in [0.15, 0.2) is 37.0 Å². The van der Waals surface area contributed by atoms with E-state index < -0.39 is 0 Å².